The molecule has 1 N–H and O–H groups in total. The van der Waals surface area contributed by atoms with Crippen LogP contribution in [0.15, 0.2) is 24.5 Å². The van der Waals surface area contributed by atoms with Gasteiger partial charge in [-0.2, -0.15) is 0 Å². The second-order valence-electron chi connectivity index (χ2n) is 4.34. The van der Waals surface area contributed by atoms with Crippen LogP contribution >= 0.6 is 0 Å². The van der Waals surface area contributed by atoms with Crippen molar-refractivity contribution < 1.29 is 4.92 Å². The molecule has 2 aromatic rings. The van der Waals surface area contributed by atoms with Gasteiger partial charge in [-0.1, -0.05) is 6.92 Å². The Kier molecular flexibility index (Phi) is 4.11. The minimum atomic E-state index is -0.436. The lowest BCUT2D eigenvalue weighted by Crippen LogP contribution is -2.18. The van der Waals surface area contributed by atoms with Gasteiger partial charge in [-0.05, 0) is 12.5 Å². The Hall–Kier alpha value is -2.68. The van der Waals surface area contributed by atoms with E-state index in [1.807, 2.05) is 6.92 Å². The summed E-state index contributed by atoms with van der Waals surface area (Å²) in [6, 6.07) is 4.60. The van der Waals surface area contributed by atoms with Crippen molar-refractivity contribution >= 4 is 22.4 Å². The van der Waals surface area contributed by atoms with Crippen molar-refractivity contribution in [3.8, 4) is 12.3 Å². The molecule has 0 fully saturated rings. The number of hydrogen-bond acceptors (Lipinski definition) is 5. The van der Waals surface area contributed by atoms with Crippen molar-refractivity contribution in [2.45, 2.75) is 25.8 Å². The van der Waals surface area contributed by atoms with Crippen molar-refractivity contribution in [3.05, 3.63) is 34.6 Å². The summed E-state index contributed by atoms with van der Waals surface area (Å²) in [7, 11) is 0. The first-order chi connectivity index (χ1) is 9.65. The Morgan fingerprint density at radius 3 is 2.95 bits per heavy atom. The molecule has 0 radical (unpaired) electrons. The average molecular weight is 270 g/mol. The molecule has 2 rings (SSSR count). The molecule has 1 aromatic carbocycles. The maximum Gasteiger partial charge on any atom is 0.270 e. The summed E-state index contributed by atoms with van der Waals surface area (Å²) in [5, 5.41) is 14.7. The van der Waals surface area contributed by atoms with Crippen LogP contribution in [0.25, 0.3) is 10.9 Å². The Balaban J connectivity index is 2.44. The van der Waals surface area contributed by atoms with Gasteiger partial charge in [0.15, 0.2) is 0 Å². The smallest absolute Gasteiger partial charge is 0.270 e. The van der Waals surface area contributed by atoms with E-state index in [-0.39, 0.29) is 11.7 Å². The van der Waals surface area contributed by atoms with Crippen LogP contribution < -0.4 is 5.32 Å². The molecule has 0 spiro atoms. The highest BCUT2D eigenvalue weighted by Crippen LogP contribution is 2.25. The number of nitrogens with zero attached hydrogens (tertiary/aromatic N) is 3. The molecule has 0 saturated heterocycles. The van der Waals surface area contributed by atoms with Crippen LogP contribution in [-0.2, 0) is 0 Å². The number of anilines is 1. The number of aromatic nitrogens is 2. The second kappa shape index (κ2) is 5.97. The number of non-ortho nitro benzene ring substituents is 1. The molecule has 0 aliphatic heterocycles. The Labute approximate surface area is 116 Å². The fourth-order valence-electron chi connectivity index (χ4n) is 1.91. The van der Waals surface area contributed by atoms with Gasteiger partial charge in [0, 0.05) is 30.0 Å². The number of rotatable bonds is 5. The van der Waals surface area contributed by atoms with E-state index in [1.54, 1.807) is 6.07 Å². The van der Waals surface area contributed by atoms with Crippen molar-refractivity contribution in [2.24, 2.45) is 0 Å². The number of fused-ring (bicyclic) bond motifs is 1. The zero-order valence-electron chi connectivity index (χ0n) is 11.0. The SMILES string of the molecule is C#CCC(CC)Nc1ncnc2ccc([N+](=O)[O-])cc12. The summed E-state index contributed by atoms with van der Waals surface area (Å²) in [5.41, 5.74) is 0.670. The summed E-state index contributed by atoms with van der Waals surface area (Å²) in [6.45, 7) is 2.01. The van der Waals surface area contributed by atoms with Gasteiger partial charge >= 0.3 is 0 Å². The molecule has 0 aliphatic rings. The average Bonchev–Trinajstić information content (AvgIpc) is 2.46. The molecular formula is C14H14N4O2. The zero-order chi connectivity index (χ0) is 14.5. The van der Waals surface area contributed by atoms with Gasteiger partial charge in [-0.3, -0.25) is 10.1 Å². The van der Waals surface area contributed by atoms with E-state index in [0.29, 0.717) is 23.1 Å². The molecule has 102 valence electrons. The van der Waals surface area contributed by atoms with Gasteiger partial charge < -0.3 is 5.32 Å². The summed E-state index contributed by atoms with van der Waals surface area (Å²) in [6.07, 6.45) is 8.16. The largest absolute Gasteiger partial charge is 0.366 e. The van der Waals surface area contributed by atoms with E-state index in [9.17, 15) is 10.1 Å². The van der Waals surface area contributed by atoms with E-state index in [0.717, 1.165) is 6.42 Å². The summed E-state index contributed by atoms with van der Waals surface area (Å²) in [4.78, 5) is 18.7. The molecule has 0 bridgehead atoms. The molecule has 1 aromatic heterocycles. The lowest BCUT2D eigenvalue weighted by molar-refractivity contribution is -0.384. The highest BCUT2D eigenvalue weighted by Gasteiger charge is 2.12. The van der Waals surface area contributed by atoms with Crippen molar-refractivity contribution in [1.29, 1.82) is 0 Å². The van der Waals surface area contributed by atoms with E-state index >= 15 is 0 Å². The van der Waals surface area contributed by atoms with Gasteiger partial charge in [0.05, 0.1) is 10.4 Å². The predicted molar refractivity (Wildman–Crippen MR) is 77.3 cm³/mol. The molecular weight excluding hydrogens is 256 g/mol. The van der Waals surface area contributed by atoms with Crippen LogP contribution in [0.4, 0.5) is 11.5 Å². The second-order valence-corrected chi connectivity index (χ2v) is 4.34. The molecule has 6 nitrogen and oxygen atoms in total. The first kappa shape index (κ1) is 13.7. The Morgan fingerprint density at radius 1 is 1.50 bits per heavy atom. The minimum Gasteiger partial charge on any atom is -0.366 e. The molecule has 0 amide bonds. The first-order valence-corrected chi connectivity index (χ1v) is 6.24. The monoisotopic (exact) mass is 270 g/mol. The summed E-state index contributed by atoms with van der Waals surface area (Å²) in [5.74, 6) is 3.17. The highest BCUT2D eigenvalue weighted by molar-refractivity contribution is 5.90. The van der Waals surface area contributed by atoms with Crippen LogP contribution in [-0.4, -0.2) is 20.9 Å². The molecule has 6 heteroatoms. The fourth-order valence-corrected chi connectivity index (χ4v) is 1.91. The van der Waals surface area contributed by atoms with E-state index in [2.05, 4.69) is 21.2 Å². The van der Waals surface area contributed by atoms with Crippen molar-refractivity contribution in [2.75, 3.05) is 5.32 Å². The normalized spacial score (nSPS) is 11.8. The maximum atomic E-state index is 10.9. The topological polar surface area (TPSA) is 81.0 Å². The summed E-state index contributed by atoms with van der Waals surface area (Å²) < 4.78 is 0. The van der Waals surface area contributed by atoms with Gasteiger partial charge in [-0.15, -0.1) is 12.3 Å². The quantitative estimate of drug-likeness (QED) is 0.513. The zero-order valence-corrected chi connectivity index (χ0v) is 11.0. The van der Waals surface area contributed by atoms with Crippen LogP contribution in [0.5, 0.6) is 0 Å². The first-order valence-electron chi connectivity index (χ1n) is 6.24. The van der Waals surface area contributed by atoms with Gasteiger partial charge in [-0.25, -0.2) is 9.97 Å². The Morgan fingerprint density at radius 2 is 2.30 bits per heavy atom. The van der Waals surface area contributed by atoms with E-state index in [1.165, 1.54) is 18.5 Å². The number of nitrogens with one attached hydrogen (secondary N) is 1. The lowest BCUT2D eigenvalue weighted by atomic mass is 10.1. The molecule has 1 atom stereocenters. The van der Waals surface area contributed by atoms with Crippen molar-refractivity contribution in [1.82, 2.24) is 9.97 Å². The van der Waals surface area contributed by atoms with Crippen LogP contribution in [0.2, 0.25) is 0 Å². The lowest BCUT2D eigenvalue weighted by Gasteiger charge is -2.15. The number of hydrogen-bond donors (Lipinski definition) is 1. The number of nitro benzene ring substituents is 1. The molecule has 0 aliphatic carbocycles. The van der Waals surface area contributed by atoms with Gasteiger partial charge in [0.25, 0.3) is 5.69 Å². The van der Waals surface area contributed by atoms with Crippen LogP contribution in [0, 0.1) is 22.5 Å². The van der Waals surface area contributed by atoms with Gasteiger partial charge in [0.1, 0.15) is 12.1 Å². The number of terminal acetylenes is 1. The third-order valence-corrected chi connectivity index (χ3v) is 3.03. The molecule has 20 heavy (non-hydrogen) atoms. The van der Waals surface area contributed by atoms with E-state index < -0.39 is 4.92 Å². The third kappa shape index (κ3) is 2.83. The van der Waals surface area contributed by atoms with Crippen LogP contribution in [0.3, 0.4) is 0 Å². The predicted octanol–water partition coefficient (Wildman–Crippen LogP) is 2.75. The van der Waals surface area contributed by atoms with Crippen LogP contribution in [0.1, 0.15) is 19.8 Å². The summed E-state index contributed by atoms with van der Waals surface area (Å²) >= 11 is 0. The standard InChI is InChI=1S/C14H14N4O2/c1-3-5-10(4-2)17-14-12-8-11(18(19)20)6-7-13(12)15-9-16-14/h1,6-10H,4-5H2,2H3,(H,15,16,17). The number of benzene rings is 1. The van der Waals surface area contributed by atoms with E-state index in [4.69, 9.17) is 6.42 Å². The third-order valence-electron chi connectivity index (χ3n) is 3.03. The van der Waals surface area contributed by atoms with Crippen molar-refractivity contribution in [3.63, 3.8) is 0 Å². The van der Waals surface area contributed by atoms with Gasteiger partial charge in [0.2, 0.25) is 0 Å². The Bertz CT molecular complexity index is 678. The maximum absolute atomic E-state index is 10.9. The highest BCUT2D eigenvalue weighted by atomic mass is 16.6. The fraction of sp³-hybridized carbons (Fsp3) is 0.286. The number of nitro groups is 1. The molecule has 0 saturated carbocycles. The molecule has 1 heterocycles. The minimum absolute atomic E-state index is 0.0142. The molecule has 1 unspecified atom stereocenters.